The van der Waals surface area contributed by atoms with Gasteiger partial charge in [-0.2, -0.15) is 10.2 Å². The molecular weight excluding hydrogens is 471 g/mol. The molecule has 0 aliphatic rings. The van der Waals surface area contributed by atoms with Gasteiger partial charge in [0.2, 0.25) is 5.95 Å². The molecule has 0 saturated carbocycles. The Labute approximate surface area is 211 Å². The number of hydrogen-bond acceptors (Lipinski definition) is 8. The van der Waals surface area contributed by atoms with E-state index in [9.17, 15) is 14.4 Å². The average Bonchev–Trinajstić information content (AvgIpc) is 2.88. The van der Waals surface area contributed by atoms with E-state index >= 15 is 0 Å². The predicted molar refractivity (Wildman–Crippen MR) is 138 cm³/mol. The van der Waals surface area contributed by atoms with Crippen LogP contribution in [0.5, 0.6) is 0 Å². The molecule has 0 radical (unpaired) electrons. The van der Waals surface area contributed by atoms with E-state index in [0.717, 1.165) is 11.1 Å². The summed E-state index contributed by atoms with van der Waals surface area (Å²) in [6.07, 6.45) is 4.74. The third-order valence-electron chi connectivity index (χ3n) is 5.84. The summed E-state index contributed by atoms with van der Waals surface area (Å²) < 4.78 is 15.7. The molecule has 10 heteroatoms. The number of aromatic nitrogens is 5. The fourth-order valence-electron chi connectivity index (χ4n) is 4.20. The lowest BCUT2D eigenvalue weighted by molar-refractivity contribution is 0.624. The van der Waals surface area contributed by atoms with Crippen LogP contribution in [0.25, 0.3) is 27.7 Å². The van der Waals surface area contributed by atoms with Crippen LogP contribution in [0.3, 0.4) is 0 Å². The highest BCUT2D eigenvalue weighted by molar-refractivity contribution is 5.94. The quantitative estimate of drug-likeness (QED) is 0.370. The Kier molecular flexibility index (Phi) is 6.03. The maximum atomic E-state index is 14.3. The van der Waals surface area contributed by atoms with Gasteiger partial charge < -0.3 is 11.1 Å². The van der Waals surface area contributed by atoms with Gasteiger partial charge in [0.1, 0.15) is 29.1 Å². The topological polar surface area (TPSA) is 135 Å². The van der Waals surface area contributed by atoms with Crippen LogP contribution >= 0.6 is 0 Å². The first-order valence-corrected chi connectivity index (χ1v) is 11.4. The Balaban J connectivity index is 1.77. The molecule has 5 aromatic rings. The molecule has 37 heavy (non-hydrogen) atoms. The summed E-state index contributed by atoms with van der Waals surface area (Å²) >= 11 is 0. The predicted octanol–water partition coefficient (Wildman–Crippen LogP) is 4.31. The monoisotopic (exact) mass is 492 g/mol. The number of anilines is 2. The largest absolute Gasteiger partial charge is 0.368 e. The molecule has 0 aliphatic carbocycles. The minimum Gasteiger partial charge on any atom is -0.368 e. The van der Waals surface area contributed by atoms with E-state index in [1.54, 1.807) is 31.5 Å². The number of pyridine rings is 1. The molecule has 3 N–H and O–H groups in total. The summed E-state index contributed by atoms with van der Waals surface area (Å²) in [5.74, 6) is -0.0208. The molecule has 0 spiro atoms. The first kappa shape index (κ1) is 23.6. The zero-order valence-electron chi connectivity index (χ0n) is 20.0. The van der Waals surface area contributed by atoms with Crippen LogP contribution in [0.2, 0.25) is 0 Å². The maximum absolute atomic E-state index is 14.3. The standard InChI is InChI=1S/C27H21FN8O/c1-15-9-17(13-31-12-15)21-7-4-8-22-23(21)26(37)36(20-6-3-5-19(28)10-20)25(34-22)16(2)33-24-18(11-29)14-32-27(30)35-24/h3-10,12-14,16H,1-2H3,(H3,30,32,33,35). The summed E-state index contributed by atoms with van der Waals surface area (Å²) in [4.78, 5) is 31.2. The van der Waals surface area contributed by atoms with E-state index < -0.39 is 11.9 Å². The number of nitrogens with two attached hydrogens (primary N) is 1. The Hall–Kier alpha value is -5.17. The Morgan fingerprint density at radius 2 is 1.92 bits per heavy atom. The van der Waals surface area contributed by atoms with Gasteiger partial charge in [-0.05, 0) is 55.3 Å². The van der Waals surface area contributed by atoms with Gasteiger partial charge in [0.15, 0.2) is 0 Å². The van der Waals surface area contributed by atoms with E-state index in [-0.39, 0.29) is 22.9 Å². The molecule has 2 aromatic carbocycles. The lowest BCUT2D eigenvalue weighted by Crippen LogP contribution is -2.28. The summed E-state index contributed by atoms with van der Waals surface area (Å²) in [6, 6.07) is 14.5. The Morgan fingerprint density at radius 1 is 1.11 bits per heavy atom. The third-order valence-corrected chi connectivity index (χ3v) is 5.84. The van der Waals surface area contributed by atoms with Crippen molar-refractivity contribution < 1.29 is 4.39 Å². The van der Waals surface area contributed by atoms with Gasteiger partial charge in [0, 0.05) is 18.0 Å². The third kappa shape index (κ3) is 4.46. The Morgan fingerprint density at radius 3 is 2.68 bits per heavy atom. The number of halogens is 1. The summed E-state index contributed by atoms with van der Waals surface area (Å²) in [5.41, 5.74) is 8.67. The van der Waals surface area contributed by atoms with E-state index in [1.165, 1.54) is 29.0 Å². The van der Waals surface area contributed by atoms with Crippen molar-refractivity contribution in [2.75, 3.05) is 11.1 Å². The number of nitrogens with one attached hydrogen (secondary N) is 1. The number of nitrogens with zero attached hydrogens (tertiary/aromatic N) is 6. The van der Waals surface area contributed by atoms with Crippen molar-refractivity contribution in [3.63, 3.8) is 0 Å². The molecule has 0 bridgehead atoms. The molecule has 3 heterocycles. The van der Waals surface area contributed by atoms with Gasteiger partial charge in [-0.1, -0.05) is 18.2 Å². The molecule has 3 aromatic heterocycles. The highest BCUT2D eigenvalue weighted by Crippen LogP contribution is 2.28. The van der Waals surface area contributed by atoms with Gasteiger partial charge >= 0.3 is 0 Å². The van der Waals surface area contributed by atoms with E-state index in [0.29, 0.717) is 28.0 Å². The zero-order chi connectivity index (χ0) is 26.1. The van der Waals surface area contributed by atoms with Crippen molar-refractivity contribution in [2.45, 2.75) is 19.9 Å². The number of benzene rings is 2. The van der Waals surface area contributed by atoms with Crippen LogP contribution in [0, 0.1) is 24.1 Å². The second-order valence-corrected chi connectivity index (χ2v) is 8.51. The van der Waals surface area contributed by atoms with Crippen LogP contribution in [0.1, 0.15) is 29.9 Å². The number of nitriles is 1. The lowest BCUT2D eigenvalue weighted by Gasteiger charge is -2.21. The number of hydrogen-bond donors (Lipinski definition) is 2. The SMILES string of the molecule is Cc1cncc(-c2cccc3nc(C(C)Nc4nc(N)ncc4C#N)n(-c4cccc(F)c4)c(=O)c23)c1. The molecule has 182 valence electrons. The van der Waals surface area contributed by atoms with Crippen molar-refractivity contribution in [2.24, 2.45) is 0 Å². The normalized spacial score (nSPS) is 11.7. The van der Waals surface area contributed by atoms with Crippen LogP contribution in [0.15, 0.2) is 71.9 Å². The maximum Gasteiger partial charge on any atom is 0.266 e. The van der Waals surface area contributed by atoms with Gasteiger partial charge in [-0.3, -0.25) is 14.3 Å². The fraction of sp³-hybridized carbons (Fsp3) is 0.111. The molecular formula is C27H21FN8O. The second-order valence-electron chi connectivity index (χ2n) is 8.51. The van der Waals surface area contributed by atoms with Crippen molar-refractivity contribution in [3.8, 4) is 22.9 Å². The first-order chi connectivity index (χ1) is 17.9. The van der Waals surface area contributed by atoms with Crippen molar-refractivity contribution in [1.29, 1.82) is 5.26 Å². The summed E-state index contributed by atoms with van der Waals surface area (Å²) in [6.45, 7) is 3.68. The lowest BCUT2D eigenvalue weighted by atomic mass is 10.0. The smallest absolute Gasteiger partial charge is 0.266 e. The molecule has 1 atom stereocenters. The first-order valence-electron chi connectivity index (χ1n) is 11.4. The molecule has 0 aliphatic heterocycles. The fourth-order valence-corrected chi connectivity index (χ4v) is 4.20. The van der Waals surface area contributed by atoms with Crippen molar-refractivity contribution in [3.05, 3.63) is 100 Å². The van der Waals surface area contributed by atoms with Crippen LogP contribution in [-0.4, -0.2) is 24.5 Å². The van der Waals surface area contributed by atoms with E-state index in [1.807, 2.05) is 31.2 Å². The van der Waals surface area contributed by atoms with Gasteiger partial charge in [-0.25, -0.2) is 14.4 Å². The highest BCUT2D eigenvalue weighted by Gasteiger charge is 2.22. The van der Waals surface area contributed by atoms with Crippen LogP contribution < -0.4 is 16.6 Å². The van der Waals surface area contributed by atoms with E-state index in [4.69, 9.17) is 10.7 Å². The second kappa shape index (κ2) is 9.47. The number of fused-ring (bicyclic) bond motifs is 1. The molecule has 1 unspecified atom stereocenters. The van der Waals surface area contributed by atoms with Crippen molar-refractivity contribution in [1.82, 2.24) is 24.5 Å². The summed E-state index contributed by atoms with van der Waals surface area (Å²) in [7, 11) is 0. The molecule has 0 amide bonds. The Bertz CT molecular complexity index is 1760. The summed E-state index contributed by atoms with van der Waals surface area (Å²) in [5, 5.41) is 13.0. The van der Waals surface area contributed by atoms with Gasteiger partial charge in [-0.15, -0.1) is 0 Å². The van der Waals surface area contributed by atoms with Gasteiger partial charge in [0.25, 0.3) is 5.56 Å². The highest BCUT2D eigenvalue weighted by atomic mass is 19.1. The van der Waals surface area contributed by atoms with Gasteiger partial charge in [0.05, 0.1) is 28.8 Å². The minimum atomic E-state index is -0.633. The molecule has 9 nitrogen and oxygen atoms in total. The van der Waals surface area contributed by atoms with E-state index in [2.05, 4.69) is 20.3 Å². The number of rotatable bonds is 5. The van der Waals surface area contributed by atoms with Crippen LogP contribution in [0.4, 0.5) is 16.2 Å². The minimum absolute atomic E-state index is 0.0147. The molecule has 0 fully saturated rings. The molecule has 5 rings (SSSR count). The number of aryl methyl sites for hydroxylation is 1. The molecule has 0 saturated heterocycles. The average molecular weight is 493 g/mol. The number of nitrogen functional groups attached to an aromatic ring is 1. The van der Waals surface area contributed by atoms with Crippen molar-refractivity contribution >= 4 is 22.7 Å². The van der Waals surface area contributed by atoms with Crippen LogP contribution in [-0.2, 0) is 0 Å². The zero-order valence-corrected chi connectivity index (χ0v) is 20.0.